The molecule has 76 valence electrons. The molecule has 5 nitrogen and oxygen atoms in total. The second-order valence-corrected chi connectivity index (χ2v) is 2.53. The van der Waals surface area contributed by atoms with Crippen LogP contribution in [0.5, 0.6) is 0 Å². The van der Waals surface area contributed by atoms with E-state index in [0.717, 1.165) is 0 Å². The van der Waals surface area contributed by atoms with Gasteiger partial charge in [0.1, 0.15) is 0 Å². The SMILES string of the molecule is CCOC(=O)CCN(C)C(=O)NC. The zero-order valence-electron chi connectivity index (χ0n) is 8.29. The van der Waals surface area contributed by atoms with Crippen molar-refractivity contribution in [2.24, 2.45) is 0 Å². The van der Waals surface area contributed by atoms with Gasteiger partial charge in [0, 0.05) is 20.6 Å². The van der Waals surface area contributed by atoms with Gasteiger partial charge in [0.25, 0.3) is 0 Å². The summed E-state index contributed by atoms with van der Waals surface area (Å²) in [6.45, 7) is 2.50. The van der Waals surface area contributed by atoms with E-state index in [9.17, 15) is 9.59 Å². The van der Waals surface area contributed by atoms with Crippen molar-refractivity contribution in [1.29, 1.82) is 0 Å². The van der Waals surface area contributed by atoms with E-state index in [-0.39, 0.29) is 18.4 Å². The summed E-state index contributed by atoms with van der Waals surface area (Å²) >= 11 is 0. The Morgan fingerprint density at radius 2 is 2.08 bits per heavy atom. The van der Waals surface area contributed by atoms with Crippen LogP contribution in [0, 0.1) is 0 Å². The second kappa shape index (κ2) is 6.28. The Hall–Kier alpha value is -1.26. The zero-order valence-corrected chi connectivity index (χ0v) is 8.29. The molecule has 0 aliphatic carbocycles. The number of carbonyl (C=O) groups excluding carboxylic acids is 2. The maximum absolute atomic E-state index is 10.9. The molecule has 0 aromatic heterocycles. The van der Waals surface area contributed by atoms with Gasteiger partial charge >= 0.3 is 12.0 Å². The molecule has 13 heavy (non-hydrogen) atoms. The van der Waals surface area contributed by atoms with Crippen molar-refractivity contribution in [1.82, 2.24) is 10.2 Å². The van der Waals surface area contributed by atoms with Gasteiger partial charge in [0.2, 0.25) is 0 Å². The molecule has 0 aliphatic rings. The van der Waals surface area contributed by atoms with Crippen LogP contribution in [0.2, 0.25) is 0 Å². The molecule has 2 amide bonds. The number of ether oxygens (including phenoxy) is 1. The van der Waals surface area contributed by atoms with Gasteiger partial charge in [-0.3, -0.25) is 4.79 Å². The van der Waals surface area contributed by atoms with Gasteiger partial charge in [-0.2, -0.15) is 0 Å². The molecule has 0 unspecified atom stereocenters. The average molecular weight is 188 g/mol. The Morgan fingerprint density at radius 3 is 2.54 bits per heavy atom. The molecule has 0 atom stereocenters. The van der Waals surface area contributed by atoms with Crippen LogP contribution in [0.4, 0.5) is 4.79 Å². The summed E-state index contributed by atoms with van der Waals surface area (Å²) in [6, 6.07) is -0.204. The standard InChI is InChI=1S/C8H16N2O3/c1-4-13-7(11)5-6-10(3)8(12)9-2/h4-6H2,1-3H3,(H,9,12). The van der Waals surface area contributed by atoms with E-state index in [4.69, 9.17) is 4.74 Å². The summed E-state index contributed by atoms with van der Waals surface area (Å²) in [4.78, 5) is 23.3. The predicted molar refractivity (Wildman–Crippen MR) is 48.3 cm³/mol. The third-order valence-corrected chi connectivity index (χ3v) is 1.52. The first-order valence-corrected chi connectivity index (χ1v) is 4.20. The van der Waals surface area contributed by atoms with Crippen molar-refractivity contribution in [3.05, 3.63) is 0 Å². The number of esters is 1. The van der Waals surface area contributed by atoms with Crippen LogP contribution in [0.1, 0.15) is 13.3 Å². The smallest absolute Gasteiger partial charge is 0.316 e. The highest BCUT2D eigenvalue weighted by Crippen LogP contribution is 1.91. The monoisotopic (exact) mass is 188 g/mol. The molecule has 0 rings (SSSR count). The summed E-state index contributed by atoms with van der Waals surface area (Å²) in [5.74, 6) is -0.279. The number of hydrogen-bond acceptors (Lipinski definition) is 3. The van der Waals surface area contributed by atoms with Crippen LogP contribution in [0.25, 0.3) is 0 Å². The van der Waals surface area contributed by atoms with Crippen LogP contribution in [-0.4, -0.2) is 44.1 Å². The van der Waals surface area contributed by atoms with Gasteiger partial charge in [0.05, 0.1) is 13.0 Å². The Bertz CT molecular complexity index is 182. The maximum atomic E-state index is 10.9. The molecule has 0 aliphatic heterocycles. The lowest BCUT2D eigenvalue weighted by Crippen LogP contribution is -2.36. The van der Waals surface area contributed by atoms with Crippen LogP contribution in [0.15, 0.2) is 0 Å². The third-order valence-electron chi connectivity index (χ3n) is 1.52. The van der Waals surface area contributed by atoms with Gasteiger partial charge in [-0.15, -0.1) is 0 Å². The van der Waals surface area contributed by atoms with E-state index >= 15 is 0 Å². The van der Waals surface area contributed by atoms with Crippen molar-refractivity contribution in [2.75, 3.05) is 27.2 Å². The molecule has 0 aromatic carbocycles. The fourth-order valence-corrected chi connectivity index (χ4v) is 0.785. The van der Waals surface area contributed by atoms with E-state index in [1.807, 2.05) is 0 Å². The lowest BCUT2D eigenvalue weighted by Gasteiger charge is -2.15. The normalized spacial score (nSPS) is 9.15. The fourth-order valence-electron chi connectivity index (χ4n) is 0.785. The average Bonchev–Trinajstić information content (AvgIpc) is 2.13. The third kappa shape index (κ3) is 5.05. The van der Waals surface area contributed by atoms with Crippen LogP contribution in [-0.2, 0) is 9.53 Å². The molecular weight excluding hydrogens is 172 g/mol. The van der Waals surface area contributed by atoms with Gasteiger partial charge < -0.3 is 15.0 Å². The quantitative estimate of drug-likeness (QED) is 0.642. The number of amides is 2. The predicted octanol–water partition coefficient (Wildman–Crippen LogP) is 0.211. The first-order valence-electron chi connectivity index (χ1n) is 4.20. The molecule has 1 N–H and O–H groups in total. The van der Waals surface area contributed by atoms with E-state index in [2.05, 4.69) is 5.32 Å². The molecular formula is C8H16N2O3. The van der Waals surface area contributed by atoms with Crippen molar-refractivity contribution < 1.29 is 14.3 Å². The zero-order chi connectivity index (χ0) is 10.3. The number of nitrogens with zero attached hydrogens (tertiary/aromatic N) is 1. The van der Waals surface area contributed by atoms with E-state index in [0.29, 0.717) is 13.2 Å². The summed E-state index contributed by atoms with van der Waals surface area (Å²) in [5.41, 5.74) is 0. The molecule has 0 radical (unpaired) electrons. The topological polar surface area (TPSA) is 58.6 Å². The van der Waals surface area contributed by atoms with E-state index in [1.165, 1.54) is 4.90 Å². The van der Waals surface area contributed by atoms with Crippen LogP contribution < -0.4 is 5.32 Å². The fraction of sp³-hybridized carbons (Fsp3) is 0.750. The number of rotatable bonds is 4. The Labute approximate surface area is 78.0 Å². The second-order valence-electron chi connectivity index (χ2n) is 2.53. The highest BCUT2D eigenvalue weighted by molar-refractivity contribution is 5.75. The minimum atomic E-state index is -0.279. The van der Waals surface area contributed by atoms with Gasteiger partial charge in [-0.25, -0.2) is 4.79 Å². The van der Waals surface area contributed by atoms with Gasteiger partial charge in [-0.05, 0) is 6.92 Å². The Morgan fingerprint density at radius 1 is 1.46 bits per heavy atom. The molecule has 0 bridgehead atoms. The molecule has 0 heterocycles. The Balaban J connectivity index is 3.63. The minimum absolute atomic E-state index is 0.204. The number of urea groups is 1. The van der Waals surface area contributed by atoms with Crippen molar-refractivity contribution >= 4 is 12.0 Å². The molecule has 0 aromatic rings. The molecule has 0 fully saturated rings. The highest BCUT2D eigenvalue weighted by atomic mass is 16.5. The maximum Gasteiger partial charge on any atom is 0.316 e. The van der Waals surface area contributed by atoms with Gasteiger partial charge in [-0.1, -0.05) is 0 Å². The van der Waals surface area contributed by atoms with Crippen molar-refractivity contribution in [3.8, 4) is 0 Å². The summed E-state index contributed by atoms with van der Waals surface area (Å²) in [7, 11) is 3.17. The van der Waals surface area contributed by atoms with Crippen molar-refractivity contribution in [3.63, 3.8) is 0 Å². The first kappa shape index (κ1) is 11.7. The summed E-state index contributed by atoms with van der Waals surface area (Å²) in [6.07, 6.45) is 0.234. The summed E-state index contributed by atoms with van der Waals surface area (Å²) in [5, 5.41) is 2.46. The van der Waals surface area contributed by atoms with Crippen LogP contribution in [0.3, 0.4) is 0 Å². The minimum Gasteiger partial charge on any atom is -0.466 e. The number of nitrogens with one attached hydrogen (secondary N) is 1. The number of hydrogen-bond donors (Lipinski definition) is 1. The number of carbonyl (C=O) groups is 2. The molecule has 0 saturated heterocycles. The lowest BCUT2D eigenvalue weighted by atomic mass is 10.4. The molecule has 0 saturated carbocycles. The molecule has 5 heteroatoms. The van der Waals surface area contributed by atoms with E-state index < -0.39 is 0 Å². The van der Waals surface area contributed by atoms with Crippen molar-refractivity contribution in [2.45, 2.75) is 13.3 Å². The Kier molecular flexibility index (Phi) is 5.67. The van der Waals surface area contributed by atoms with E-state index in [1.54, 1.807) is 21.0 Å². The summed E-state index contributed by atoms with van der Waals surface area (Å²) < 4.78 is 4.71. The first-order chi connectivity index (χ1) is 6.11. The highest BCUT2D eigenvalue weighted by Gasteiger charge is 2.08. The lowest BCUT2D eigenvalue weighted by molar-refractivity contribution is -0.143. The largest absolute Gasteiger partial charge is 0.466 e. The molecule has 0 spiro atoms. The van der Waals surface area contributed by atoms with Crippen LogP contribution >= 0.6 is 0 Å². The van der Waals surface area contributed by atoms with Gasteiger partial charge in [0.15, 0.2) is 0 Å².